The third-order valence-electron chi connectivity index (χ3n) is 3.62. The van der Waals surface area contributed by atoms with Crippen LogP contribution < -0.4 is 10.6 Å². The molecule has 138 valence electrons. The average molecular weight is 504 g/mol. The standard InChI is InChI=1S/C14H24N4O2S3.HI/c1-15-14(17-11-12-5-3-9-21-12)16-7-8-18(2)23(19,20)13-6-4-10-22-13;/h4,6,10,12H,3,5,7-9,11H2,1-2H3,(H2,15,16,17);1H. The molecule has 6 nitrogen and oxygen atoms in total. The van der Waals surface area contributed by atoms with Crippen LogP contribution in [0.25, 0.3) is 0 Å². The molecule has 2 rings (SSSR count). The van der Waals surface area contributed by atoms with Gasteiger partial charge in [0.15, 0.2) is 5.96 Å². The minimum atomic E-state index is -3.38. The summed E-state index contributed by atoms with van der Waals surface area (Å²) in [5.41, 5.74) is 0. The lowest BCUT2D eigenvalue weighted by atomic mass is 10.2. The molecule has 0 radical (unpaired) electrons. The molecular weight excluding hydrogens is 479 g/mol. The molecule has 1 aliphatic heterocycles. The second-order valence-electron chi connectivity index (χ2n) is 5.27. The minimum Gasteiger partial charge on any atom is -0.355 e. The van der Waals surface area contributed by atoms with Crippen LogP contribution in [0.3, 0.4) is 0 Å². The highest BCUT2D eigenvalue weighted by molar-refractivity contribution is 14.0. The van der Waals surface area contributed by atoms with Crippen molar-refractivity contribution in [2.75, 3.05) is 39.5 Å². The van der Waals surface area contributed by atoms with Crippen molar-refractivity contribution < 1.29 is 8.42 Å². The molecule has 2 heterocycles. The minimum absolute atomic E-state index is 0. The van der Waals surface area contributed by atoms with Gasteiger partial charge in [-0.05, 0) is 30.0 Å². The number of hydrogen-bond acceptors (Lipinski definition) is 5. The highest BCUT2D eigenvalue weighted by Crippen LogP contribution is 2.25. The fourth-order valence-electron chi connectivity index (χ4n) is 2.25. The number of thioether (sulfide) groups is 1. The van der Waals surface area contributed by atoms with Crippen LogP contribution >= 0.6 is 47.1 Å². The SMILES string of the molecule is CN=C(NCCN(C)S(=O)(=O)c1cccs1)NCC1CCCS1.I. The molecule has 1 unspecified atom stereocenters. The van der Waals surface area contributed by atoms with Gasteiger partial charge in [0.05, 0.1) is 0 Å². The predicted molar refractivity (Wildman–Crippen MR) is 114 cm³/mol. The van der Waals surface area contributed by atoms with E-state index in [2.05, 4.69) is 15.6 Å². The first-order valence-electron chi connectivity index (χ1n) is 7.60. The van der Waals surface area contributed by atoms with Crippen LogP contribution in [-0.2, 0) is 10.0 Å². The number of aliphatic imine (C=N–C) groups is 1. The molecule has 0 spiro atoms. The first kappa shape index (κ1) is 22.0. The molecular formula is C14H25IN4O2S3. The number of thiophene rings is 1. The lowest BCUT2D eigenvalue weighted by Gasteiger charge is -2.18. The molecule has 1 saturated heterocycles. The van der Waals surface area contributed by atoms with Crippen molar-refractivity contribution in [1.82, 2.24) is 14.9 Å². The van der Waals surface area contributed by atoms with Crippen LogP contribution in [0.2, 0.25) is 0 Å². The third-order valence-corrected chi connectivity index (χ3v) is 8.25. The van der Waals surface area contributed by atoms with E-state index in [0.717, 1.165) is 12.5 Å². The number of guanidine groups is 1. The lowest BCUT2D eigenvalue weighted by Crippen LogP contribution is -2.43. The quantitative estimate of drug-likeness (QED) is 0.338. The molecule has 1 aromatic heterocycles. The molecule has 0 aromatic carbocycles. The van der Waals surface area contributed by atoms with E-state index >= 15 is 0 Å². The maximum Gasteiger partial charge on any atom is 0.252 e. The Morgan fingerprint density at radius 3 is 2.83 bits per heavy atom. The lowest BCUT2D eigenvalue weighted by molar-refractivity contribution is 0.471. The highest BCUT2D eigenvalue weighted by atomic mass is 127. The summed E-state index contributed by atoms with van der Waals surface area (Å²) in [5.74, 6) is 1.96. The Morgan fingerprint density at radius 1 is 1.46 bits per heavy atom. The molecule has 24 heavy (non-hydrogen) atoms. The fourth-order valence-corrected chi connectivity index (χ4v) is 5.83. The van der Waals surface area contributed by atoms with Crippen LogP contribution in [0.15, 0.2) is 26.7 Å². The van der Waals surface area contributed by atoms with E-state index in [1.807, 2.05) is 11.8 Å². The summed E-state index contributed by atoms with van der Waals surface area (Å²) in [4.78, 5) is 4.18. The Morgan fingerprint density at radius 2 is 2.25 bits per heavy atom. The molecule has 0 bridgehead atoms. The maximum atomic E-state index is 12.3. The Kier molecular flexibility index (Phi) is 9.94. The van der Waals surface area contributed by atoms with Crippen molar-refractivity contribution in [2.24, 2.45) is 4.99 Å². The zero-order valence-electron chi connectivity index (χ0n) is 13.9. The van der Waals surface area contributed by atoms with Gasteiger partial charge in [0.1, 0.15) is 4.21 Å². The summed E-state index contributed by atoms with van der Waals surface area (Å²) in [6.07, 6.45) is 2.53. The summed E-state index contributed by atoms with van der Waals surface area (Å²) in [7, 11) is -0.0527. The van der Waals surface area contributed by atoms with E-state index in [1.54, 1.807) is 31.6 Å². The molecule has 1 aliphatic rings. The second kappa shape index (κ2) is 10.8. The number of sulfonamides is 1. The molecule has 1 fully saturated rings. The van der Waals surface area contributed by atoms with Crippen LogP contribution in [-0.4, -0.2) is 63.4 Å². The van der Waals surface area contributed by atoms with Crippen LogP contribution in [0.4, 0.5) is 0 Å². The van der Waals surface area contributed by atoms with E-state index in [9.17, 15) is 8.42 Å². The van der Waals surface area contributed by atoms with E-state index in [1.165, 1.54) is 34.2 Å². The monoisotopic (exact) mass is 504 g/mol. The van der Waals surface area contributed by atoms with Gasteiger partial charge in [0, 0.05) is 39.0 Å². The van der Waals surface area contributed by atoms with E-state index < -0.39 is 10.0 Å². The van der Waals surface area contributed by atoms with Crippen LogP contribution in [0, 0.1) is 0 Å². The number of hydrogen-bond donors (Lipinski definition) is 2. The number of rotatable bonds is 7. The van der Waals surface area contributed by atoms with E-state index in [4.69, 9.17) is 0 Å². The zero-order valence-corrected chi connectivity index (χ0v) is 18.7. The summed E-state index contributed by atoms with van der Waals surface area (Å²) < 4.78 is 26.3. The largest absolute Gasteiger partial charge is 0.355 e. The van der Waals surface area contributed by atoms with Gasteiger partial charge in [-0.2, -0.15) is 16.1 Å². The summed E-state index contributed by atoms with van der Waals surface area (Å²) in [6, 6.07) is 3.38. The van der Waals surface area contributed by atoms with Gasteiger partial charge >= 0.3 is 0 Å². The maximum absolute atomic E-state index is 12.3. The zero-order chi connectivity index (χ0) is 16.7. The van der Waals surface area contributed by atoms with Gasteiger partial charge in [-0.1, -0.05) is 6.07 Å². The summed E-state index contributed by atoms with van der Waals surface area (Å²) in [6.45, 7) is 1.80. The third kappa shape index (κ3) is 6.36. The number of likely N-dealkylation sites (N-methyl/N-ethyl adjacent to an activating group) is 1. The molecule has 1 aromatic rings. The first-order chi connectivity index (χ1) is 11.0. The van der Waals surface area contributed by atoms with Gasteiger partial charge in [-0.25, -0.2) is 8.42 Å². The van der Waals surface area contributed by atoms with Gasteiger partial charge < -0.3 is 10.6 Å². The van der Waals surface area contributed by atoms with Gasteiger partial charge in [-0.3, -0.25) is 4.99 Å². The van der Waals surface area contributed by atoms with Crippen LogP contribution in [0.5, 0.6) is 0 Å². The molecule has 10 heteroatoms. The van der Waals surface area contributed by atoms with E-state index in [0.29, 0.717) is 22.5 Å². The normalized spacial score (nSPS) is 18.5. The fraction of sp³-hybridized carbons (Fsp3) is 0.643. The topological polar surface area (TPSA) is 73.8 Å². The smallest absolute Gasteiger partial charge is 0.252 e. The van der Waals surface area contributed by atoms with Crippen molar-refractivity contribution >= 4 is 63.1 Å². The Labute approximate surface area is 169 Å². The van der Waals surface area contributed by atoms with Crippen molar-refractivity contribution in [3.8, 4) is 0 Å². The van der Waals surface area contributed by atoms with Crippen LogP contribution in [0.1, 0.15) is 12.8 Å². The molecule has 1 atom stereocenters. The van der Waals surface area contributed by atoms with Gasteiger partial charge in [0.2, 0.25) is 0 Å². The van der Waals surface area contributed by atoms with Crippen molar-refractivity contribution in [3.63, 3.8) is 0 Å². The Hall–Kier alpha value is -0.0400. The van der Waals surface area contributed by atoms with Gasteiger partial charge in [-0.15, -0.1) is 35.3 Å². The summed E-state index contributed by atoms with van der Waals surface area (Å²) in [5, 5.41) is 8.89. The van der Waals surface area contributed by atoms with Crippen molar-refractivity contribution in [3.05, 3.63) is 17.5 Å². The Bertz CT molecular complexity index is 602. The number of nitrogens with zero attached hydrogens (tertiary/aromatic N) is 2. The molecule has 0 saturated carbocycles. The van der Waals surface area contributed by atoms with Crippen molar-refractivity contribution in [1.29, 1.82) is 0 Å². The first-order valence-corrected chi connectivity index (χ1v) is 11.0. The number of halogens is 1. The molecule has 2 N–H and O–H groups in total. The average Bonchev–Trinajstić information content (AvgIpc) is 3.23. The molecule has 0 aliphatic carbocycles. The number of nitrogens with one attached hydrogen (secondary N) is 2. The van der Waals surface area contributed by atoms with E-state index in [-0.39, 0.29) is 24.0 Å². The highest BCUT2D eigenvalue weighted by Gasteiger charge is 2.21. The predicted octanol–water partition coefficient (Wildman–Crippen LogP) is 2.05. The summed E-state index contributed by atoms with van der Waals surface area (Å²) >= 11 is 3.23. The van der Waals surface area contributed by atoms with Gasteiger partial charge in [0.25, 0.3) is 10.0 Å². The second-order valence-corrected chi connectivity index (χ2v) is 9.90. The molecule has 0 amide bonds. The van der Waals surface area contributed by atoms with Crippen molar-refractivity contribution in [2.45, 2.75) is 22.3 Å². The Balaban J connectivity index is 0.00000288.